The summed E-state index contributed by atoms with van der Waals surface area (Å²) in [4.78, 5) is 24.2. The number of anilines is 1. The zero-order valence-corrected chi connectivity index (χ0v) is 17.0. The molecule has 9 heteroatoms. The fraction of sp³-hybridized carbons (Fsp3) is 0.250. The van der Waals surface area contributed by atoms with Crippen molar-refractivity contribution in [3.8, 4) is 6.07 Å². The molecule has 152 valence electrons. The maximum atomic E-state index is 12.3. The van der Waals surface area contributed by atoms with Gasteiger partial charge in [-0.05, 0) is 56.2 Å². The summed E-state index contributed by atoms with van der Waals surface area (Å²) < 4.78 is 31.7. The third kappa shape index (κ3) is 5.88. The predicted octanol–water partition coefficient (Wildman–Crippen LogP) is 2.02. The van der Waals surface area contributed by atoms with Crippen LogP contribution in [0.4, 0.5) is 5.69 Å². The predicted molar refractivity (Wildman–Crippen MR) is 106 cm³/mol. The normalized spacial score (nSPS) is 11.9. The summed E-state index contributed by atoms with van der Waals surface area (Å²) in [6.45, 7) is 4.37. The zero-order valence-electron chi connectivity index (χ0n) is 16.2. The molecule has 0 aromatic heterocycles. The van der Waals surface area contributed by atoms with Gasteiger partial charge in [0, 0.05) is 0 Å². The Morgan fingerprint density at radius 3 is 2.48 bits per heavy atom. The Morgan fingerprint density at radius 2 is 1.83 bits per heavy atom. The summed E-state index contributed by atoms with van der Waals surface area (Å²) in [7, 11) is -3.90. The SMILES string of the molecule is Cc1ccc(S(=O)(=O)NCC(=O)O[C@@H](C)C(=O)Nc2ccccc2C#N)cc1C. The number of nitriles is 1. The number of hydrogen-bond acceptors (Lipinski definition) is 6. The van der Waals surface area contributed by atoms with E-state index in [0.717, 1.165) is 11.1 Å². The average molecular weight is 415 g/mol. The van der Waals surface area contributed by atoms with Crippen LogP contribution >= 0.6 is 0 Å². The number of hydrogen-bond donors (Lipinski definition) is 2. The molecular formula is C20H21N3O5S. The molecule has 0 fully saturated rings. The monoisotopic (exact) mass is 415 g/mol. The van der Waals surface area contributed by atoms with Crippen molar-refractivity contribution in [1.82, 2.24) is 4.72 Å². The number of aryl methyl sites for hydroxylation is 2. The van der Waals surface area contributed by atoms with E-state index in [2.05, 4.69) is 10.0 Å². The van der Waals surface area contributed by atoms with E-state index in [1.807, 2.05) is 13.0 Å². The lowest BCUT2D eigenvalue weighted by atomic mass is 10.1. The van der Waals surface area contributed by atoms with Gasteiger partial charge in [0.2, 0.25) is 10.0 Å². The van der Waals surface area contributed by atoms with E-state index >= 15 is 0 Å². The quantitative estimate of drug-likeness (QED) is 0.667. The van der Waals surface area contributed by atoms with Crippen molar-refractivity contribution < 1.29 is 22.7 Å². The minimum Gasteiger partial charge on any atom is -0.452 e. The number of para-hydroxylation sites is 1. The fourth-order valence-corrected chi connectivity index (χ4v) is 3.39. The number of esters is 1. The molecule has 2 aromatic rings. The second-order valence-electron chi connectivity index (χ2n) is 6.35. The van der Waals surface area contributed by atoms with Crippen LogP contribution in [0.25, 0.3) is 0 Å². The van der Waals surface area contributed by atoms with Crippen LogP contribution in [0.2, 0.25) is 0 Å². The summed E-state index contributed by atoms with van der Waals surface area (Å²) in [6.07, 6.45) is -1.18. The molecule has 0 aliphatic rings. The smallest absolute Gasteiger partial charge is 0.321 e. The number of benzene rings is 2. The van der Waals surface area contributed by atoms with Crippen LogP contribution in [0, 0.1) is 25.2 Å². The number of carbonyl (C=O) groups excluding carboxylic acids is 2. The number of carbonyl (C=O) groups is 2. The summed E-state index contributed by atoms with van der Waals surface area (Å²) in [5, 5.41) is 11.5. The van der Waals surface area contributed by atoms with Gasteiger partial charge in [-0.2, -0.15) is 9.98 Å². The van der Waals surface area contributed by atoms with Gasteiger partial charge in [0.1, 0.15) is 12.6 Å². The number of sulfonamides is 1. The number of rotatable bonds is 7. The Bertz CT molecular complexity index is 1070. The van der Waals surface area contributed by atoms with Crippen molar-refractivity contribution in [1.29, 1.82) is 5.26 Å². The van der Waals surface area contributed by atoms with Gasteiger partial charge in [-0.3, -0.25) is 9.59 Å². The molecule has 1 amide bonds. The Labute approximate surface area is 169 Å². The first kappa shape index (κ1) is 22.1. The molecule has 2 N–H and O–H groups in total. The van der Waals surface area contributed by atoms with Crippen LogP contribution in [0.1, 0.15) is 23.6 Å². The van der Waals surface area contributed by atoms with Crippen LogP contribution in [0.15, 0.2) is 47.4 Å². The lowest BCUT2D eigenvalue weighted by molar-refractivity contribution is -0.151. The summed E-state index contributed by atoms with van der Waals surface area (Å²) in [5.41, 5.74) is 2.30. The zero-order chi connectivity index (χ0) is 21.6. The van der Waals surface area contributed by atoms with Crippen molar-refractivity contribution in [2.45, 2.75) is 31.8 Å². The summed E-state index contributed by atoms with van der Waals surface area (Å²) in [5.74, 6) is -1.55. The van der Waals surface area contributed by atoms with Gasteiger partial charge < -0.3 is 10.1 Å². The lowest BCUT2D eigenvalue weighted by Crippen LogP contribution is -2.36. The topological polar surface area (TPSA) is 125 Å². The summed E-state index contributed by atoms with van der Waals surface area (Å²) in [6, 6.07) is 12.9. The van der Waals surface area contributed by atoms with E-state index < -0.39 is 34.5 Å². The largest absolute Gasteiger partial charge is 0.452 e. The molecule has 8 nitrogen and oxygen atoms in total. The van der Waals surface area contributed by atoms with Gasteiger partial charge in [-0.25, -0.2) is 8.42 Å². The van der Waals surface area contributed by atoms with E-state index in [1.165, 1.54) is 25.1 Å². The average Bonchev–Trinajstić information content (AvgIpc) is 2.68. The molecule has 2 aromatic carbocycles. The molecule has 0 heterocycles. The molecule has 29 heavy (non-hydrogen) atoms. The molecule has 0 bridgehead atoms. The molecule has 0 aliphatic carbocycles. The molecule has 0 saturated carbocycles. The molecule has 1 atom stereocenters. The van der Waals surface area contributed by atoms with Crippen LogP contribution in [0.5, 0.6) is 0 Å². The third-order valence-electron chi connectivity index (χ3n) is 4.18. The van der Waals surface area contributed by atoms with E-state index in [0.29, 0.717) is 5.69 Å². The highest BCUT2D eigenvalue weighted by molar-refractivity contribution is 7.89. The van der Waals surface area contributed by atoms with Gasteiger partial charge in [0.25, 0.3) is 5.91 Å². The number of amides is 1. The Hall–Kier alpha value is -3.22. The molecule has 0 radical (unpaired) electrons. The molecule has 0 saturated heterocycles. The molecule has 2 rings (SSSR count). The fourth-order valence-electron chi connectivity index (χ4n) is 2.33. The van der Waals surface area contributed by atoms with E-state index in [1.54, 1.807) is 31.2 Å². The molecule has 0 unspecified atom stereocenters. The lowest BCUT2D eigenvalue weighted by Gasteiger charge is -2.14. The first-order valence-electron chi connectivity index (χ1n) is 8.70. The van der Waals surface area contributed by atoms with E-state index in [9.17, 15) is 18.0 Å². The first-order valence-corrected chi connectivity index (χ1v) is 10.2. The summed E-state index contributed by atoms with van der Waals surface area (Å²) >= 11 is 0. The van der Waals surface area contributed by atoms with Crippen molar-refractivity contribution in [2.24, 2.45) is 0 Å². The van der Waals surface area contributed by atoms with Gasteiger partial charge in [-0.1, -0.05) is 18.2 Å². The minimum absolute atomic E-state index is 0.0345. The highest BCUT2D eigenvalue weighted by Gasteiger charge is 2.21. The Balaban J connectivity index is 1.93. The van der Waals surface area contributed by atoms with Crippen LogP contribution in [0.3, 0.4) is 0 Å². The van der Waals surface area contributed by atoms with Crippen LogP contribution < -0.4 is 10.0 Å². The van der Waals surface area contributed by atoms with Crippen LogP contribution in [-0.2, 0) is 24.3 Å². The molecular weight excluding hydrogens is 394 g/mol. The van der Waals surface area contributed by atoms with Gasteiger partial charge in [-0.15, -0.1) is 0 Å². The Kier molecular flexibility index (Phi) is 7.09. The van der Waals surface area contributed by atoms with Gasteiger partial charge >= 0.3 is 5.97 Å². The first-order chi connectivity index (χ1) is 13.6. The highest BCUT2D eigenvalue weighted by Crippen LogP contribution is 2.15. The maximum Gasteiger partial charge on any atom is 0.321 e. The molecule has 0 aliphatic heterocycles. The minimum atomic E-state index is -3.90. The van der Waals surface area contributed by atoms with E-state index in [4.69, 9.17) is 10.00 Å². The Morgan fingerprint density at radius 1 is 1.14 bits per heavy atom. The van der Waals surface area contributed by atoms with Crippen LogP contribution in [-0.4, -0.2) is 32.9 Å². The third-order valence-corrected chi connectivity index (χ3v) is 5.58. The second kappa shape index (κ2) is 9.32. The number of nitrogens with one attached hydrogen (secondary N) is 2. The van der Waals surface area contributed by atoms with Crippen molar-refractivity contribution in [3.63, 3.8) is 0 Å². The molecule has 0 spiro atoms. The maximum absolute atomic E-state index is 12.3. The highest BCUT2D eigenvalue weighted by atomic mass is 32.2. The van der Waals surface area contributed by atoms with E-state index in [-0.39, 0.29) is 10.5 Å². The number of ether oxygens (including phenoxy) is 1. The standard InChI is InChI=1S/C20H21N3O5S/c1-13-8-9-17(10-14(13)2)29(26,27)22-12-19(24)28-15(3)20(25)23-18-7-5-4-6-16(18)11-21/h4-10,15,22H,12H2,1-3H3,(H,23,25)/t15-/m0/s1. The van der Waals surface area contributed by atoms with Crippen molar-refractivity contribution >= 4 is 27.6 Å². The van der Waals surface area contributed by atoms with Crippen molar-refractivity contribution in [3.05, 3.63) is 59.2 Å². The second-order valence-corrected chi connectivity index (χ2v) is 8.12. The van der Waals surface area contributed by atoms with Gasteiger partial charge in [0.15, 0.2) is 6.10 Å². The number of nitrogens with zero attached hydrogens (tertiary/aromatic N) is 1. The van der Waals surface area contributed by atoms with Crippen molar-refractivity contribution in [2.75, 3.05) is 11.9 Å². The van der Waals surface area contributed by atoms with Gasteiger partial charge in [0.05, 0.1) is 16.1 Å².